The lowest BCUT2D eigenvalue weighted by Crippen LogP contribution is -2.32. The van der Waals surface area contributed by atoms with Crippen molar-refractivity contribution in [3.05, 3.63) is 65.2 Å². The number of hydrogen-bond donors (Lipinski definition) is 2. The minimum atomic E-state index is -0.333. The molecule has 0 bridgehead atoms. The van der Waals surface area contributed by atoms with Gasteiger partial charge in [0.2, 0.25) is 5.88 Å². The van der Waals surface area contributed by atoms with Crippen LogP contribution < -0.4 is 20.1 Å². The summed E-state index contributed by atoms with van der Waals surface area (Å²) in [6.07, 6.45) is 0. The molecule has 1 aromatic heterocycles. The van der Waals surface area contributed by atoms with E-state index in [1.165, 1.54) is 0 Å². The molecule has 2 amide bonds. The van der Waals surface area contributed by atoms with Crippen LogP contribution in [0.3, 0.4) is 0 Å². The van der Waals surface area contributed by atoms with E-state index < -0.39 is 0 Å². The van der Waals surface area contributed by atoms with Gasteiger partial charge in [0.15, 0.2) is 0 Å². The maximum atomic E-state index is 12.0. The predicted molar refractivity (Wildman–Crippen MR) is 117 cm³/mol. The molecule has 2 N–H and O–H groups in total. The first-order chi connectivity index (χ1) is 14.6. The van der Waals surface area contributed by atoms with Crippen molar-refractivity contribution in [2.45, 2.75) is 13.8 Å². The van der Waals surface area contributed by atoms with E-state index in [4.69, 9.17) is 21.1 Å². The van der Waals surface area contributed by atoms with Gasteiger partial charge in [0.1, 0.15) is 12.4 Å². The summed E-state index contributed by atoms with van der Waals surface area (Å²) in [6.45, 7) is 4.99. The molecule has 3 aromatic rings. The fraction of sp³-hybridized carbons (Fsp3) is 0.227. The summed E-state index contributed by atoms with van der Waals surface area (Å²) < 4.78 is 11.0. The molecule has 30 heavy (non-hydrogen) atoms. The molecule has 1 heterocycles. The van der Waals surface area contributed by atoms with Crippen molar-refractivity contribution in [2.75, 3.05) is 25.1 Å². The number of halogens is 1. The molecule has 2 aromatic carbocycles. The van der Waals surface area contributed by atoms with E-state index in [0.717, 1.165) is 22.6 Å². The number of urea groups is 1. The zero-order valence-corrected chi connectivity index (χ0v) is 17.6. The number of hydrogen-bond acceptors (Lipinski definition) is 5. The van der Waals surface area contributed by atoms with Gasteiger partial charge in [0.05, 0.1) is 18.8 Å². The number of ether oxygens (including phenoxy) is 2. The van der Waals surface area contributed by atoms with E-state index in [-0.39, 0.29) is 12.6 Å². The van der Waals surface area contributed by atoms with Crippen LogP contribution in [0.2, 0.25) is 5.02 Å². The minimum absolute atomic E-state index is 0.263. The van der Waals surface area contributed by atoms with Gasteiger partial charge in [0.25, 0.3) is 0 Å². The highest BCUT2D eigenvalue weighted by molar-refractivity contribution is 6.31. The number of aromatic nitrogens is 2. The Balaban J connectivity index is 1.44. The van der Waals surface area contributed by atoms with Crippen molar-refractivity contribution in [1.82, 2.24) is 15.5 Å². The minimum Gasteiger partial charge on any atom is -0.494 e. The van der Waals surface area contributed by atoms with Gasteiger partial charge in [-0.25, -0.2) is 4.79 Å². The zero-order chi connectivity index (χ0) is 21.3. The average Bonchev–Trinajstić information content (AvgIpc) is 2.76. The molecule has 0 saturated carbocycles. The number of benzene rings is 2. The van der Waals surface area contributed by atoms with Crippen LogP contribution in [0.15, 0.2) is 54.6 Å². The van der Waals surface area contributed by atoms with E-state index in [9.17, 15) is 4.79 Å². The molecule has 0 fully saturated rings. The van der Waals surface area contributed by atoms with Gasteiger partial charge < -0.3 is 20.1 Å². The van der Waals surface area contributed by atoms with Crippen LogP contribution in [0.4, 0.5) is 10.5 Å². The number of anilines is 1. The van der Waals surface area contributed by atoms with Crippen LogP contribution in [-0.2, 0) is 0 Å². The van der Waals surface area contributed by atoms with Crippen molar-refractivity contribution >= 4 is 23.3 Å². The highest BCUT2D eigenvalue weighted by Gasteiger charge is 2.07. The summed E-state index contributed by atoms with van der Waals surface area (Å²) in [6, 6.07) is 16.2. The van der Waals surface area contributed by atoms with Crippen LogP contribution >= 0.6 is 11.6 Å². The maximum absolute atomic E-state index is 12.0. The zero-order valence-electron chi connectivity index (χ0n) is 16.8. The summed E-state index contributed by atoms with van der Waals surface area (Å²) in [4.78, 5) is 12.0. The van der Waals surface area contributed by atoms with E-state index in [2.05, 4.69) is 20.8 Å². The Morgan fingerprint density at radius 3 is 2.53 bits per heavy atom. The molecule has 3 rings (SSSR count). The van der Waals surface area contributed by atoms with Crippen LogP contribution in [0.25, 0.3) is 11.3 Å². The molecule has 0 saturated heterocycles. The smallest absolute Gasteiger partial charge is 0.319 e. The van der Waals surface area contributed by atoms with Gasteiger partial charge in [-0.2, -0.15) is 0 Å². The Morgan fingerprint density at radius 2 is 1.83 bits per heavy atom. The molecule has 8 heteroatoms. The first-order valence-electron chi connectivity index (χ1n) is 9.56. The summed E-state index contributed by atoms with van der Waals surface area (Å²) in [5, 5.41) is 14.3. The highest BCUT2D eigenvalue weighted by atomic mass is 35.5. The normalized spacial score (nSPS) is 10.4. The molecule has 0 aliphatic heterocycles. The summed E-state index contributed by atoms with van der Waals surface area (Å²) in [5.41, 5.74) is 3.15. The fourth-order valence-electron chi connectivity index (χ4n) is 2.67. The summed E-state index contributed by atoms with van der Waals surface area (Å²) >= 11 is 6.05. The van der Waals surface area contributed by atoms with Gasteiger partial charge in [-0.1, -0.05) is 17.7 Å². The highest BCUT2D eigenvalue weighted by Crippen LogP contribution is 2.23. The number of carbonyl (C=O) groups excluding carboxylic acids is 1. The van der Waals surface area contributed by atoms with Crippen LogP contribution in [0.1, 0.15) is 12.5 Å². The second-order valence-corrected chi connectivity index (χ2v) is 6.76. The van der Waals surface area contributed by atoms with Crippen LogP contribution in [-0.4, -0.2) is 36.0 Å². The van der Waals surface area contributed by atoms with Crippen LogP contribution in [0.5, 0.6) is 11.6 Å². The third kappa shape index (κ3) is 5.84. The lowest BCUT2D eigenvalue weighted by molar-refractivity contribution is 0.246. The topological polar surface area (TPSA) is 85.4 Å². The number of carbonyl (C=O) groups is 1. The molecule has 0 aliphatic rings. The standard InChI is InChI=1S/C22H23ClN4O3/c1-3-29-17-9-7-16(8-10-17)20-11-12-21(27-26-20)30-14-13-24-22(28)25-19-6-4-5-18(23)15(19)2/h4-12H,3,13-14H2,1-2H3,(H2,24,25,28). The molecule has 0 radical (unpaired) electrons. The van der Waals surface area contributed by atoms with Crippen LogP contribution in [0, 0.1) is 6.92 Å². The van der Waals surface area contributed by atoms with Crippen molar-refractivity contribution in [1.29, 1.82) is 0 Å². The number of nitrogens with one attached hydrogen (secondary N) is 2. The Kier molecular flexibility index (Phi) is 7.45. The predicted octanol–water partition coefficient (Wildman–Crippen LogP) is 4.70. The van der Waals surface area contributed by atoms with E-state index >= 15 is 0 Å². The van der Waals surface area contributed by atoms with E-state index in [1.807, 2.05) is 44.2 Å². The van der Waals surface area contributed by atoms with Crippen molar-refractivity contribution in [3.8, 4) is 22.9 Å². The second kappa shape index (κ2) is 10.5. The Labute approximate surface area is 180 Å². The second-order valence-electron chi connectivity index (χ2n) is 6.36. The Hall–Kier alpha value is -3.32. The number of nitrogens with zero attached hydrogens (tertiary/aromatic N) is 2. The molecule has 0 spiro atoms. The lowest BCUT2D eigenvalue weighted by Gasteiger charge is -2.11. The van der Waals surface area contributed by atoms with E-state index in [0.29, 0.717) is 29.7 Å². The summed E-state index contributed by atoms with van der Waals surface area (Å²) in [7, 11) is 0. The molecule has 7 nitrogen and oxygen atoms in total. The third-order valence-corrected chi connectivity index (χ3v) is 4.66. The van der Waals surface area contributed by atoms with Crippen molar-refractivity contribution in [3.63, 3.8) is 0 Å². The van der Waals surface area contributed by atoms with Gasteiger partial charge in [-0.15, -0.1) is 10.2 Å². The molecule has 0 unspecified atom stereocenters. The molecular formula is C22H23ClN4O3. The number of rotatable bonds is 8. The van der Waals surface area contributed by atoms with Gasteiger partial charge in [0, 0.05) is 22.3 Å². The largest absolute Gasteiger partial charge is 0.494 e. The van der Waals surface area contributed by atoms with Gasteiger partial charge >= 0.3 is 6.03 Å². The lowest BCUT2D eigenvalue weighted by atomic mass is 10.1. The quantitative estimate of drug-likeness (QED) is 0.510. The Morgan fingerprint density at radius 1 is 1.03 bits per heavy atom. The van der Waals surface area contributed by atoms with Crippen molar-refractivity contribution in [2.24, 2.45) is 0 Å². The maximum Gasteiger partial charge on any atom is 0.319 e. The first-order valence-corrected chi connectivity index (χ1v) is 9.94. The summed E-state index contributed by atoms with van der Waals surface area (Å²) in [5.74, 6) is 1.20. The van der Waals surface area contributed by atoms with Crippen molar-refractivity contribution < 1.29 is 14.3 Å². The average molecular weight is 427 g/mol. The first kappa shape index (κ1) is 21.4. The number of amides is 2. The van der Waals surface area contributed by atoms with Gasteiger partial charge in [-0.3, -0.25) is 0 Å². The monoisotopic (exact) mass is 426 g/mol. The van der Waals surface area contributed by atoms with Gasteiger partial charge in [-0.05, 0) is 61.9 Å². The Bertz CT molecular complexity index is 979. The fourth-order valence-corrected chi connectivity index (χ4v) is 2.84. The third-order valence-electron chi connectivity index (χ3n) is 4.25. The van der Waals surface area contributed by atoms with E-state index in [1.54, 1.807) is 24.3 Å². The SMILES string of the molecule is CCOc1ccc(-c2ccc(OCCNC(=O)Nc3cccc(Cl)c3C)nn2)cc1. The molecule has 156 valence electrons. The molecule has 0 aliphatic carbocycles. The molecular weight excluding hydrogens is 404 g/mol. The molecule has 0 atom stereocenters.